The maximum absolute atomic E-state index is 13.2. The Labute approximate surface area is 186 Å². The fourth-order valence-electron chi connectivity index (χ4n) is 4.04. The Morgan fingerprint density at radius 2 is 1.81 bits per heavy atom. The molecule has 2 aromatic rings. The standard InChI is InChI=1S/C23H29N3O6/c1-4-31-21(29)23(12-14-32-17-9-6-5-7-10-17)11-8-13-26(16-23)20(28)18-15-19(27)25(3)22(30)24(18)2/h5-7,9-10,15H,4,8,11-14,16H2,1-3H3. The number of nitrogens with zero attached hydrogens (tertiary/aromatic N) is 3. The molecule has 0 N–H and O–H groups in total. The maximum atomic E-state index is 13.2. The van der Waals surface area contributed by atoms with Crippen molar-refractivity contribution in [3.05, 3.63) is 62.9 Å². The molecule has 1 fully saturated rings. The number of hydrogen-bond donors (Lipinski definition) is 0. The quantitative estimate of drug-likeness (QED) is 0.599. The Morgan fingerprint density at radius 3 is 2.50 bits per heavy atom. The summed E-state index contributed by atoms with van der Waals surface area (Å²) >= 11 is 0. The number of esters is 1. The third kappa shape index (κ3) is 4.76. The number of carbonyl (C=O) groups excluding carboxylic acids is 2. The van der Waals surface area contributed by atoms with Crippen molar-refractivity contribution in [2.75, 3.05) is 26.3 Å². The zero-order chi connectivity index (χ0) is 23.3. The molecular formula is C23H29N3O6. The fraction of sp³-hybridized carbons (Fsp3) is 0.478. The van der Waals surface area contributed by atoms with Gasteiger partial charge < -0.3 is 14.4 Å². The van der Waals surface area contributed by atoms with E-state index in [4.69, 9.17) is 9.47 Å². The summed E-state index contributed by atoms with van der Waals surface area (Å²) in [5, 5.41) is 0. The second kappa shape index (κ2) is 9.84. The van der Waals surface area contributed by atoms with E-state index in [9.17, 15) is 19.2 Å². The van der Waals surface area contributed by atoms with Crippen LogP contribution in [0.1, 0.15) is 36.7 Å². The predicted molar refractivity (Wildman–Crippen MR) is 118 cm³/mol. The van der Waals surface area contributed by atoms with E-state index in [-0.39, 0.29) is 31.4 Å². The van der Waals surface area contributed by atoms with E-state index in [1.54, 1.807) is 6.92 Å². The molecule has 9 heteroatoms. The molecule has 0 spiro atoms. The summed E-state index contributed by atoms with van der Waals surface area (Å²) in [6.07, 6.45) is 1.53. The highest BCUT2D eigenvalue weighted by Crippen LogP contribution is 2.36. The zero-order valence-corrected chi connectivity index (χ0v) is 18.7. The van der Waals surface area contributed by atoms with Crippen molar-refractivity contribution in [3.63, 3.8) is 0 Å². The van der Waals surface area contributed by atoms with Gasteiger partial charge in [-0.1, -0.05) is 18.2 Å². The van der Waals surface area contributed by atoms with Crippen LogP contribution in [0.15, 0.2) is 46.0 Å². The Kier molecular flexibility index (Phi) is 7.17. The van der Waals surface area contributed by atoms with Gasteiger partial charge >= 0.3 is 11.7 Å². The van der Waals surface area contributed by atoms with Crippen LogP contribution in [0.5, 0.6) is 5.75 Å². The second-order valence-electron chi connectivity index (χ2n) is 8.01. The summed E-state index contributed by atoms with van der Waals surface area (Å²) in [5.74, 6) is -0.128. The van der Waals surface area contributed by atoms with Gasteiger partial charge in [0.1, 0.15) is 11.4 Å². The summed E-state index contributed by atoms with van der Waals surface area (Å²) < 4.78 is 13.3. The zero-order valence-electron chi connectivity index (χ0n) is 18.7. The van der Waals surface area contributed by atoms with E-state index in [0.717, 1.165) is 15.2 Å². The largest absolute Gasteiger partial charge is 0.494 e. The van der Waals surface area contributed by atoms with Crippen LogP contribution >= 0.6 is 0 Å². The molecule has 32 heavy (non-hydrogen) atoms. The number of carbonyl (C=O) groups is 2. The average molecular weight is 444 g/mol. The molecule has 1 aromatic heterocycles. The van der Waals surface area contributed by atoms with E-state index in [0.29, 0.717) is 31.6 Å². The van der Waals surface area contributed by atoms with E-state index in [1.807, 2.05) is 30.3 Å². The number of rotatable bonds is 7. The van der Waals surface area contributed by atoms with Gasteiger partial charge in [0.25, 0.3) is 11.5 Å². The molecule has 1 unspecified atom stereocenters. The van der Waals surface area contributed by atoms with Gasteiger partial charge in [0, 0.05) is 33.3 Å². The molecule has 9 nitrogen and oxygen atoms in total. The molecule has 0 aliphatic carbocycles. The lowest BCUT2D eigenvalue weighted by Gasteiger charge is -2.41. The highest BCUT2D eigenvalue weighted by Gasteiger charge is 2.45. The summed E-state index contributed by atoms with van der Waals surface area (Å²) in [6.45, 7) is 2.81. The number of likely N-dealkylation sites (tertiary alicyclic amines) is 1. The van der Waals surface area contributed by atoms with Crippen molar-refractivity contribution < 1.29 is 19.1 Å². The molecule has 2 heterocycles. The Morgan fingerprint density at radius 1 is 1.09 bits per heavy atom. The number of amides is 1. The second-order valence-corrected chi connectivity index (χ2v) is 8.01. The fourth-order valence-corrected chi connectivity index (χ4v) is 4.04. The number of benzene rings is 1. The predicted octanol–water partition coefficient (Wildman–Crippen LogP) is 1.34. The molecule has 0 saturated carbocycles. The maximum Gasteiger partial charge on any atom is 0.331 e. The van der Waals surface area contributed by atoms with Crippen LogP contribution in [0, 0.1) is 5.41 Å². The minimum Gasteiger partial charge on any atom is -0.494 e. The molecule has 1 atom stereocenters. The van der Waals surface area contributed by atoms with Crippen LogP contribution in [-0.2, 0) is 23.6 Å². The van der Waals surface area contributed by atoms with Gasteiger partial charge in [-0.05, 0) is 38.3 Å². The molecule has 3 rings (SSSR count). The third-order valence-corrected chi connectivity index (χ3v) is 5.91. The lowest BCUT2D eigenvalue weighted by molar-refractivity contribution is -0.159. The van der Waals surface area contributed by atoms with Gasteiger partial charge in [-0.3, -0.25) is 23.5 Å². The number of piperidine rings is 1. The van der Waals surface area contributed by atoms with Crippen molar-refractivity contribution >= 4 is 11.9 Å². The summed E-state index contributed by atoms with van der Waals surface area (Å²) in [6, 6.07) is 10.5. The number of ether oxygens (including phenoxy) is 2. The minimum absolute atomic E-state index is 0.00158. The van der Waals surface area contributed by atoms with Crippen LogP contribution in [0.3, 0.4) is 0 Å². The molecule has 1 aliphatic heterocycles. The number of para-hydroxylation sites is 1. The molecule has 1 aliphatic rings. The van der Waals surface area contributed by atoms with Crippen molar-refractivity contribution in [2.24, 2.45) is 19.5 Å². The highest BCUT2D eigenvalue weighted by atomic mass is 16.5. The van der Waals surface area contributed by atoms with Gasteiger partial charge in [0.15, 0.2) is 0 Å². The van der Waals surface area contributed by atoms with Crippen molar-refractivity contribution in [3.8, 4) is 5.75 Å². The Bertz CT molecular complexity index is 1090. The first kappa shape index (κ1) is 23.3. The van der Waals surface area contributed by atoms with Crippen LogP contribution in [0.4, 0.5) is 0 Å². The van der Waals surface area contributed by atoms with Crippen molar-refractivity contribution in [1.29, 1.82) is 0 Å². The summed E-state index contributed by atoms with van der Waals surface area (Å²) in [5.41, 5.74) is -2.05. The molecule has 1 saturated heterocycles. The third-order valence-electron chi connectivity index (χ3n) is 5.91. The van der Waals surface area contributed by atoms with E-state index >= 15 is 0 Å². The summed E-state index contributed by atoms with van der Waals surface area (Å²) in [7, 11) is 2.81. The molecule has 0 radical (unpaired) electrons. The lowest BCUT2D eigenvalue weighted by Crippen LogP contribution is -2.52. The van der Waals surface area contributed by atoms with Crippen molar-refractivity contribution in [2.45, 2.75) is 26.2 Å². The molecular weight excluding hydrogens is 414 g/mol. The molecule has 1 aromatic carbocycles. The van der Waals surface area contributed by atoms with Crippen LogP contribution in [0.2, 0.25) is 0 Å². The normalized spacial score (nSPS) is 18.3. The first-order chi connectivity index (χ1) is 15.3. The van der Waals surface area contributed by atoms with Crippen LogP contribution < -0.4 is 16.0 Å². The minimum atomic E-state index is -0.919. The summed E-state index contributed by atoms with van der Waals surface area (Å²) in [4.78, 5) is 52.1. The van der Waals surface area contributed by atoms with E-state index in [1.165, 1.54) is 19.0 Å². The Hall–Kier alpha value is -3.36. The van der Waals surface area contributed by atoms with Gasteiger partial charge in [0.2, 0.25) is 0 Å². The first-order valence-corrected chi connectivity index (χ1v) is 10.7. The van der Waals surface area contributed by atoms with Gasteiger partial charge in [-0.25, -0.2) is 4.79 Å². The van der Waals surface area contributed by atoms with E-state index in [2.05, 4.69) is 0 Å². The van der Waals surface area contributed by atoms with Crippen molar-refractivity contribution in [1.82, 2.24) is 14.0 Å². The molecule has 1 amide bonds. The molecule has 172 valence electrons. The van der Waals surface area contributed by atoms with Gasteiger partial charge in [0.05, 0.1) is 18.6 Å². The molecule has 0 bridgehead atoms. The van der Waals surface area contributed by atoms with Crippen LogP contribution in [-0.4, -0.2) is 52.2 Å². The smallest absolute Gasteiger partial charge is 0.331 e. The van der Waals surface area contributed by atoms with E-state index < -0.39 is 22.6 Å². The first-order valence-electron chi connectivity index (χ1n) is 10.7. The monoisotopic (exact) mass is 443 g/mol. The highest BCUT2D eigenvalue weighted by molar-refractivity contribution is 5.93. The number of hydrogen-bond acceptors (Lipinski definition) is 6. The average Bonchev–Trinajstić information content (AvgIpc) is 2.80. The SMILES string of the molecule is CCOC(=O)C1(CCOc2ccccc2)CCCN(C(=O)c2cc(=O)n(C)c(=O)n2C)C1. The number of aromatic nitrogens is 2. The van der Waals surface area contributed by atoms with Crippen LogP contribution in [0.25, 0.3) is 0 Å². The van der Waals surface area contributed by atoms with Gasteiger partial charge in [-0.2, -0.15) is 0 Å². The van der Waals surface area contributed by atoms with Gasteiger partial charge in [-0.15, -0.1) is 0 Å². The lowest BCUT2D eigenvalue weighted by atomic mass is 9.77. The topological polar surface area (TPSA) is 99.8 Å². The Balaban J connectivity index is 1.83.